The molecule has 0 amide bonds. The normalized spacial score (nSPS) is 10.4. The molecule has 18 heavy (non-hydrogen) atoms. The standard InChI is InChI=1S/C10H10BrN5OS/c1-5-3-6(17)16-10(15-5)18-9-7(11)8(12-2)13-4-14-9/h3-4H,1-2H3,(H,12,13,14)(H,15,16,17). The van der Waals surface area contributed by atoms with E-state index in [2.05, 4.69) is 41.2 Å². The van der Waals surface area contributed by atoms with Gasteiger partial charge in [-0.05, 0) is 34.6 Å². The Morgan fingerprint density at radius 1 is 1.44 bits per heavy atom. The third kappa shape index (κ3) is 2.88. The Labute approximate surface area is 116 Å². The van der Waals surface area contributed by atoms with Crippen molar-refractivity contribution < 1.29 is 0 Å². The van der Waals surface area contributed by atoms with Crippen LogP contribution in [0.15, 0.2) is 31.8 Å². The minimum Gasteiger partial charge on any atom is -0.372 e. The summed E-state index contributed by atoms with van der Waals surface area (Å²) in [5.41, 5.74) is 0.490. The molecule has 0 aliphatic carbocycles. The summed E-state index contributed by atoms with van der Waals surface area (Å²) in [6, 6.07) is 1.44. The fraction of sp³-hybridized carbons (Fsp3) is 0.200. The third-order valence-corrected chi connectivity index (χ3v) is 3.94. The maximum atomic E-state index is 11.3. The summed E-state index contributed by atoms with van der Waals surface area (Å²) >= 11 is 4.68. The van der Waals surface area contributed by atoms with Crippen LogP contribution in [0.1, 0.15) is 5.69 Å². The first-order chi connectivity index (χ1) is 8.60. The van der Waals surface area contributed by atoms with E-state index in [4.69, 9.17) is 0 Å². The molecule has 0 atom stereocenters. The van der Waals surface area contributed by atoms with Crippen molar-refractivity contribution in [1.29, 1.82) is 0 Å². The second-order valence-electron chi connectivity index (χ2n) is 3.39. The van der Waals surface area contributed by atoms with E-state index in [0.717, 1.165) is 4.47 Å². The summed E-state index contributed by atoms with van der Waals surface area (Å²) in [5.74, 6) is 0.683. The highest BCUT2D eigenvalue weighted by atomic mass is 79.9. The molecule has 0 saturated carbocycles. The third-order valence-electron chi connectivity index (χ3n) is 2.04. The molecule has 0 aliphatic rings. The van der Waals surface area contributed by atoms with Crippen molar-refractivity contribution in [3.05, 3.63) is 32.9 Å². The zero-order valence-corrected chi connectivity index (χ0v) is 12.1. The van der Waals surface area contributed by atoms with Gasteiger partial charge in [0.15, 0.2) is 5.16 Å². The second kappa shape index (κ2) is 5.49. The van der Waals surface area contributed by atoms with Crippen molar-refractivity contribution in [2.75, 3.05) is 12.4 Å². The van der Waals surface area contributed by atoms with Crippen LogP contribution in [0.2, 0.25) is 0 Å². The van der Waals surface area contributed by atoms with Gasteiger partial charge in [-0.2, -0.15) is 0 Å². The predicted octanol–water partition coefficient (Wildman–Crippen LogP) is 1.82. The van der Waals surface area contributed by atoms with E-state index in [9.17, 15) is 4.79 Å². The largest absolute Gasteiger partial charge is 0.372 e. The Hall–Kier alpha value is -1.41. The topological polar surface area (TPSA) is 83.6 Å². The number of halogens is 1. The lowest BCUT2D eigenvalue weighted by Gasteiger charge is -2.06. The molecule has 0 radical (unpaired) electrons. The van der Waals surface area contributed by atoms with E-state index >= 15 is 0 Å². The van der Waals surface area contributed by atoms with Gasteiger partial charge < -0.3 is 10.3 Å². The van der Waals surface area contributed by atoms with Crippen LogP contribution in [0.25, 0.3) is 0 Å². The Balaban J connectivity index is 2.37. The van der Waals surface area contributed by atoms with E-state index in [-0.39, 0.29) is 5.56 Å². The van der Waals surface area contributed by atoms with Crippen molar-refractivity contribution in [2.24, 2.45) is 0 Å². The molecule has 0 unspecified atom stereocenters. The number of H-pyrrole nitrogens is 1. The fourth-order valence-electron chi connectivity index (χ4n) is 1.29. The zero-order valence-electron chi connectivity index (χ0n) is 9.69. The number of aromatic amines is 1. The van der Waals surface area contributed by atoms with E-state index in [1.807, 2.05) is 0 Å². The first-order valence-electron chi connectivity index (χ1n) is 5.04. The molecule has 0 bridgehead atoms. The molecule has 2 N–H and O–H groups in total. The molecule has 0 saturated heterocycles. The number of aromatic nitrogens is 4. The van der Waals surface area contributed by atoms with Crippen molar-refractivity contribution in [3.8, 4) is 0 Å². The van der Waals surface area contributed by atoms with Crippen molar-refractivity contribution >= 4 is 33.5 Å². The molecular weight excluding hydrogens is 318 g/mol. The number of aryl methyl sites for hydroxylation is 1. The van der Waals surface area contributed by atoms with Gasteiger partial charge in [-0.1, -0.05) is 0 Å². The summed E-state index contributed by atoms with van der Waals surface area (Å²) in [5, 5.41) is 4.13. The summed E-state index contributed by atoms with van der Waals surface area (Å²) in [6.07, 6.45) is 1.45. The lowest BCUT2D eigenvalue weighted by atomic mass is 10.5. The molecule has 2 rings (SSSR count). The predicted molar refractivity (Wildman–Crippen MR) is 73.0 cm³/mol. The van der Waals surface area contributed by atoms with Crippen molar-refractivity contribution in [3.63, 3.8) is 0 Å². The van der Waals surface area contributed by atoms with E-state index in [1.165, 1.54) is 24.2 Å². The first kappa shape index (κ1) is 13.0. The molecule has 0 aliphatic heterocycles. The van der Waals surface area contributed by atoms with Gasteiger partial charge in [0, 0.05) is 18.8 Å². The smallest absolute Gasteiger partial charge is 0.251 e. The maximum Gasteiger partial charge on any atom is 0.251 e. The molecule has 8 heteroatoms. The Morgan fingerprint density at radius 3 is 2.89 bits per heavy atom. The number of rotatable bonds is 3. The maximum absolute atomic E-state index is 11.3. The molecule has 2 aromatic heterocycles. The highest BCUT2D eigenvalue weighted by molar-refractivity contribution is 9.10. The van der Waals surface area contributed by atoms with Crippen LogP contribution < -0.4 is 10.9 Å². The average Bonchev–Trinajstić information content (AvgIpc) is 2.30. The minimum absolute atomic E-state index is 0.177. The highest BCUT2D eigenvalue weighted by Crippen LogP contribution is 2.32. The molecule has 94 valence electrons. The first-order valence-corrected chi connectivity index (χ1v) is 6.65. The number of nitrogens with one attached hydrogen (secondary N) is 2. The van der Waals surface area contributed by atoms with Gasteiger partial charge in [-0.3, -0.25) is 4.79 Å². The molecule has 0 fully saturated rings. The van der Waals surface area contributed by atoms with E-state index in [1.54, 1.807) is 14.0 Å². The monoisotopic (exact) mass is 327 g/mol. The van der Waals surface area contributed by atoms with Gasteiger partial charge in [0.25, 0.3) is 5.56 Å². The molecule has 0 spiro atoms. The quantitative estimate of drug-likeness (QED) is 0.661. The molecule has 2 aromatic rings. The average molecular weight is 328 g/mol. The van der Waals surface area contributed by atoms with Crippen molar-refractivity contribution in [2.45, 2.75) is 17.1 Å². The van der Waals surface area contributed by atoms with Crippen LogP contribution in [-0.2, 0) is 0 Å². The van der Waals surface area contributed by atoms with Gasteiger partial charge in [0.1, 0.15) is 17.2 Å². The van der Waals surface area contributed by atoms with Crippen LogP contribution in [-0.4, -0.2) is 27.0 Å². The van der Waals surface area contributed by atoms with Crippen LogP contribution in [0.4, 0.5) is 5.82 Å². The zero-order chi connectivity index (χ0) is 13.1. The van der Waals surface area contributed by atoms with Gasteiger partial charge in [-0.15, -0.1) is 0 Å². The molecule has 0 aromatic carbocycles. The molecule has 6 nitrogen and oxygen atoms in total. The lowest BCUT2D eigenvalue weighted by molar-refractivity contribution is 0.899. The van der Waals surface area contributed by atoms with Crippen LogP contribution in [0, 0.1) is 6.92 Å². The summed E-state index contributed by atoms with van der Waals surface area (Å²) in [6.45, 7) is 1.77. The van der Waals surface area contributed by atoms with Crippen molar-refractivity contribution in [1.82, 2.24) is 19.9 Å². The number of nitrogens with zero attached hydrogens (tertiary/aromatic N) is 3. The summed E-state index contributed by atoms with van der Waals surface area (Å²) in [4.78, 5) is 26.4. The second-order valence-corrected chi connectivity index (χ2v) is 5.16. The Morgan fingerprint density at radius 2 is 2.22 bits per heavy atom. The fourth-order valence-corrected chi connectivity index (χ4v) is 2.75. The molecule has 2 heterocycles. The van der Waals surface area contributed by atoms with Crippen LogP contribution in [0.3, 0.4) is 0 Å². The number of hydrogen-bond donors (Lipinski definition) is 2. The van der Waals surface area contributed by atoms with Gasteiger partial charge in [0.2, 0.25) is 0 Å². The number of hydrogen-bond acceptors (Lipinski definition) is 6. The SMILES string of the molecule is CNc1ncnc(Sc2nc(C)cc(=O)[nH]2)c1Br. The Kier molecular flexibility index (Phi) is 3.97. The van der Waals surface area contributed by atoms with Crippen LogP contribution >= 0.6 is 27.7 Å². The van der Waals surface area contributed by atoms with E-state index < -0.39 is 0 Å². The van der Waals surface area contributed by atoms with Gasteiger partial charge in [-0.25, -0.2) is 15.0 Å². The Bertz CT molecular complexity index is 630. The van der Waals surface area contributed by atoms with E-state index in [0.29, 0.717) is 21.7 Å². The molecular formula is C10H10BrN5OS. The number of anilines is 1. The van der Waals surface area contributed by atoms with Crippen LogP contribution in [0.5, 0.6) is 0 Å². The summed E-state index contributed by atoms with van der Waals surface area (Å²) in [7, 11) is 1.77. The van der Waals surface area contributed by atoms with Gasteiger partial charge >= 0.3 is 0 Å². The van der Waals surface area contributed by atoms with Gasteiger partial charge in [0.05, 0.1) is 4.47 Å². The minimum atomic E-state index is -0.177. The highest BCUT2D eigenvalue weighted by Gasteiger charge is 2.10. The summed E-state index contributed by atoms with van der Waals surface area (Å²) < 4.78 is 0.738. The lowest BCUT2D eigenvalue weighted by Crippen LogP contribution is -2.08.